The number of carbonyl (C=O) groups excluding carboxylic acids is 1. The molecule has 0 unspecified atom stereocenters. The van der Waals surface area contributed by atoms with Gasteiger partial charge in [-0.25, -0.2) is 4.79 Å². The van der Waals surface area contributed by atoms with Crippen LogP contribution >= 0.6 is 0 Å². The molecule has 19 heavy (non-hydrogen) atoms. The van der Waals surface area contributed by atoms with Gasteiger partial charge in [-0.15, -0.1) is 0 Å². The number of aliphatic carboxylic acids is 1. The Morgan fingerprint density at radius 1 is 1.32 bits per heavy atom. The average Bonchev–Trinajstić information content (AvgIpc) is 2.77. The minimum Gasteiger partial charge on any atom is -0.475 e. The number of amides is 1. The van der Waals surface area contributed by atoms with Crippen LogP contribution < -0.4 is 10.6 Å². The van der Waals surface area contributed by atoms with E-state index in [1.807, 2.05) is 14.0 Å². The summed E-state index contributed by atoms with van der Waals surface area (Å²) in [5.74, 6) is -2.27. The molecule has 3 N–H and O–H groups in total. The van der Waals surface area contributed by atoms with E-state index >= 15 is 0 Å². The molecule has 1 rings (SSSR count). The lowest BCUT2D eigenvalue weighted by Crippen LogP contribution is -2.30. The van der Waals surface area contributed by atoms with Gasteiger partial charge < -0.3 is 15.7 Å². The summed E-state index contributed by atoms with van der Waals surface area (Å²) < 4.78 is 31.7. The van der Waals surface area contributed by atoms with Crippen molar-refractivity contribution >= 4 is 11.9 Å². The molecule has 1 amide bonds. The SMILES string of the molecule is CCNC(=O)[C@H]1CC[C@@H](NC)C1.O=C(O)C(F)(F)F. The number of hydrogen-bond donors (Lipinski definition) is 3. The van der Waals surface area contributed by atoms with E-state index in [2.05, 4.69) is 10.6 Å². The first-order chi connectivity index (χ1) is 8.72. The van der Waals surface area contributed by atoms with Crippen molar-refractivity contribution in [2.75, 3.05) is 13.6 Å². The molecule has 0 spiro atoms. The zero-order chi connectivity index (χ0) is 15.1. The minimum atomic E-state index is -5.08. The molecule has 0 aliphatic heterocycles. The maximum absolute atomic E-state index is 11.4. The van der Waals surface area contributed by atoms with Crippen LogP contribution in [0.5, 0.6) is 0 Å². The first kappa shape index (κ1) is 17.7. The van der Waals surface area contributed by atoms with Crippen LogP contribution in [-0.4, -0.2) is 42.8 Å². The molecule has 112 valence electrons. The van der Waals surface area contributed by atoms with E-state index in [1.165, 1.54) is 0 Å². The third-order valence-electron chi connectivity index (χ3n) is 2.81. The summed E-state index contributed by atoms with van der Waals surface area (Å²) in [7, 11) is 1.96. The Morgan fingerprint density at radius 3 is 2.16 bits per heavy atom. The molecule has 0 aromatic heterocycles. The predicted octanol–water partition coefficient (Wildman–Crippen LogP) is 1.14. The Labute approximate surface area is 109 Å². The van der Waals surface area contributed by atoms with Crippen molar-refractivity contribution in [1.82, 2.24) is 10.6 Å². The van der Waals surface area contributed by atoms with Gasteiger partial charge in [0.15, 0.2) is 0 Å². The Bertz CT molecular complexity index is 308. The highest BCUT2D eigenvalue weighted by molar-refractivity contribution is 5.78. The molecule has 0 aromatic carbocycles. The van der Waals surface area contributed by atoms with Gasteiger partial charge in [-0.3, -0.25) is 4.79 Å². The highest BCUT2D eigenvalue weighted by atomic mass is 19.4. The fraction of sp³-hybridized carbons (Fsp3) is 0.818. The molecular weight excluding hydrogens is 265 g/mol. The monoisotopic (exact) mass is 284 g/mol. The van der Waals surface area contributed by atoms with Crippen LogP contribution in [0.3, 0.4) is 0 Å². The third-order valence-corrected chi connectivity index (χ3v) is 2.81. The molecule has 0 aromatic rings. The first-order valence-corrected chi connectivity index (χ1v) is 5.97. The summed E-state index contributed by atoms with van der Waals surface area (Å²) in [5.41, 5.74) is 0. The predicted molar refractivity (Wildman–Crippen MR) is 62.6 cm³/mol. The quantitative estimate of drug-likeness (QED) is 0.726. The minimum absolute atomic E-state index is 0.232. The molecule has 1 saturated carbocycles. The second-order valence-electron chi connectivity index (χ2n) is 4.19. The molecule has 5 nitrogen and oxygen atoms in total. The highest BCUT2D eigenvalue weighted by Gasteiger charge is 2.38. The van der Waals surface area contributed by atoms with Crippen molar-refractivity contribution in [3.8, 4) is 0 Å². The zero-order valence-corrected chi connectivity index (χ0v) is 10.9. The van der Waals surface area contributed by atoms with Gasteiger partial charge in [-0.05, 0) is 33.2 Å². The Balaban J connectivity index is 0.000000399. The highest BCUT2D eigenvalue weighted by Crippen LogP contribution is 2.25. The van der Waals surface area contributed by atoms with Gasteiger partial charge in [-0.1, -0.05) is 0 Å². The van der Waals surface area contributed by atoms with E-state index in [0.29, 0.717) is 6.04 Å². The summed E-state index contributed by atoms with van der Waals surface area (Å²) in [6.45, 7) is 2.71. The van der Waals surface area contributed by atoms with E-state index in [0.717, 1.165) is 25.8 Å². The number of hydrogen-bond acceptors (Lipinski definition) is 3. The number of carboxylic acid groups (broad SMARTS) is 1. The van der Waals surface area contributed by atoms with Crippen molar-refractivity contribution in [3.63, 3.8) is 0 Å². The van der Waals surface area contributed by atoms with Crippen molar-refractivity contribution in [3.05, 3.63) is 0 Å². The van der Waals surface area contributed by atoms with Crippen molar-refractivity contribution in [2.45, 2.75) is 38.4 Å². The van der Waals surface area contributed by atoms with Crippen LogP contribution in [0.15, 0.2) is 0 Å². The smallest absolute Gasteiger partial charge is 0.475 e. The lowest BCUT2D eigenvalue weighted by molar-refractivity contribution is -0.192. The largest absolute Gasteiger partial charge is 0.490 e. The second kappa shape index (κ2) is 7.98. The third kappa shape index (κ3) is 7.00. The lowest BCUT2D eigenvalue weighted by Gasteiger charge is -2.09. The van der Waals surface area contributed by atoms with Crippen LogP contribution in [-0.2, 0) is 9.59 Å². The molecule has 8 heteroatoms. The maximum Gasteiger partial charge on any atom is 0.490 e. The average molecular weight is 284 g/mol. The topological polar surface area (TPSA) is 78.4 Å². The van der Waals surface area contributed by atoms with Gasteiger partial charge in [0.1, 0.15) is 0 Å². The van der Waals surface area contributed by atoms with Gasteiger partial charge in [0.05, 0.1) is 0 Å². The van der Waals surface area contributed by atoms with E-state index in [1.54, 1.807) is 0 Å². The molecular formula is C11H19F3N2O3. The summed E-state index contributed by atoms with van der Waals surface area (Å²) in [6, 6.07) is 0.553. The first-order valence-electron chi connectivity index (χ1n) is 5.97. The summed E-state index contributed by atoms with van der Waals surface area (Å²) in [6.07, 6.45) is -1.90. The van der Waals surface area contributed by atoms with Crippen molar-refractivity contribution in [1.29, 1.82) is 0 Å². The maximum atomic E-state index is 11.4. The molecule has 1 fully saturated rings. The van der Waals surface area contributed by atoms with E-state index < -0.39 is 12.1 Å². The Kier molecular flexibility index (Phi) is 7.43. The lowest BCUT2D eigenvalue weighted by atomic mass is 10.1. The number of rotatable bonds is 3. The van der Waals surface area contributed by atoms with Crippen LogP contribution in [0.1, 0.15) is 26.2 Å². The van der Waals surface area contributed by atoms with Gasteiger partial charge in [0, 0.05) is 18.5 Å². The van der Waals surface area contributed by atoms with Gasteiger partial charge in [0.2, 0.25) is 5.91 Å². The van der Waals surface area contributed by atoms with E-state index in [4.69, 9.17) is 9.90 Å². The van der Waals surface area contributed by atoms with Crippen LogP contribution in [0.2, 0.25) is 0 Å². The molecule has 0 bridgehead atoms. The van der Waals surface area contributed by atoms with Gasteiger partial charge >= 0.3 is 12.1 Å². The standard InChI is InChI=1S/C9H18N2O.C2HF3O2/c1-3-11-9(12)7-4-5-8(6-7)10-2;3-2(4,5)1(6)7/h7-8,10H,3-6H2,1-2H3,(H,11,12);(H,6,7)/t7-,8+;/m0./s1. The molecule has 2 atom stereocenters. The van der Waals surface area contributed by atoms with Crippen LogP contribution in [0.25, 0.3) is 0 Å². The van der Waals surface area contributed by atoms with Crippen LogP contribution in [0.4, 0.5) is 13.2 Å². The number of nitrogens with one attached hydrogen (secondary N) is 2. The van der Waals surface area contributed by atoms with E-state index in [-0.39, 0.29) is 11.8 Å². The number of halogens is 3. The molecule has 0 heterocycles. The molecule has 1 aliphatic rings. The Morgan fingerprint density at radius 2 is 1.84 bits per heavy atom. The molecule has 0 radical (unpaired) electrons. The van der Waals surface area contributed by atoms with E-state index in [9.17, 15) is 18.0 Å². The van der Waals surface area contributed by atoms with Gasteiger partial charge in [0.25, 0.3) is 0 Å². The summed E-state index contributed by atoms with van der Waals surface area (Å²) in [5, 5.41) is 13.2. The van der Waals surface area contributed by atoms with Crippen molar-refractivity contribution in [2.24, 2.45) is 5.92 Å². The normalized spacial score (nSPS) is 22.4. The zero-order valence-electron chi connectivity index (χ0n) is 10.9. The fourth-order valence-corrected chi connectivity index (χ4v) is 1.80. The Hall–Kier alpha value is -1.31. The fourth-order valence-electron chi connectivity index (χ4n) is 1.80. The number of carbonyl (C=O) groups is 2. The van der Waals surface area contributed by atoms with Crippen molar-refractivity contribution < 1.29 is 27.9 Å². The molecule has 0 saturated heterocycles. The second-order valence-corrected chi connectivity index (χ2v) is 4.19. The van der Waals surface area contributed by atoms with Gasteiger partial charge in [-0.2, -0.15) is 13.2 Å². The number of carboxylic acids is 1. The van der Waals surface area contributed by atoms with Crippen LogP contribution in [0, 0.1) is 5.92 Å². The number of alkyl halides is 3. The summed E-state index contributed by atoms with van der Waals surface area (Å²) in [4.78, 5) is 20.3. The molecule has 1 aliphatic carbocycles. The summed E-state index contributed by atoms with van der Waals surface area (Å²) >= 11 is 0.